The summed E-state index contributed by atoms with van der Waals surface area (Å²) < 4.78 is 5.51. The van der Waals surface area contributed by atoms with Crippen molar-refractivity contribution in [3.05, 3.63) is 30.4 Å². The Hall–Kier alpha value is -4.09. The number of carboxylic acid groups (broad SMARTS) is 1. The maximum Gasteiger partial charge on any atom is 0.358 e. The molecule has 0 spiro atoms. The van der Waals surface area contributed by atoms with Crippen molar-refractivity contribution in [2.45, 2.75) is 12.8 Å². The molecule has 30 heavy (non-hydrogen) atoms. The average Bonchev–Trinajstić information content (AvgIpc) is 3.50. The number of nitrogens with zero attached hydrogens (tertiary/aromatic N) is 6. The van der Waals surface area contributed by atoms with E-state index in [-0.39, 0.29) is 34.7 Å². The van der Waals surface area contributed by atoms with Crippen LogP contribution in [-0.2, 0) is 11.8 Å². The van der Waals surface area contributed by atoms with E-state index in [2.05, 4.69) is 36.0 Å². The summed E-state index contributed by atoms with van der Waals surface area (Å²) in [5.41, 5.74) is 1.03. The van der Waals surface area contributed by atoms with E-state index in [0.29, 0.717) is 17.0 Å². The van der Waals surface area contributed by atoms with Gasteiger partial charge in [-0.15, -0.1) is 5.10 Å². The normalized spacial score (nSPS) is 13.0. The molecule has 4 rings (SSSR count). The molecule has 3 N–H and O–H groups in total. The number of carbonyl (C=O) groups excluding carboxylic acids is 1. The minimum Gasteiger partial charge on any atom is -0.492 e. The van der Waals surface area contributed by atoms with Crippen LogP contribution in [0, 0.1) is 5.92 Å². The fraction of sp³-hybridized carbons (Fsp3) is 0.278. The zero-order valence-electron chi connectivity index (χ0n) is 16.2. The Morgan fingerprint density at radius 3 is 2.73 bits per heavy atom. The van der Waals surface area contributed by atoms with Crippen molar-refractivity contribution in [3.8, 4) is 17.0 Å². The summed E-state index contributed by atoms with van der Waals surface area (Å²) in [7, 11) is 3.15. The molecule has 0 aromatic carbocycles. The molecule has 0 radical (unpaired) electrons. The van der Waals surface area contributed by atoms with E-state index in [0.717, 1.165) is 12.8 Å². The highest BCUT2D eigenvalue weighted by molar-refractivity contribution is 6.02. The molecule has 12 nitrogen and oxygen atoms in total. The van der Waals surface area contributed by atoms with Crippen molar-refractivity contribution >= 4 is 29.1 Å². The second-order valence-corrected chi connectivity index (χ2v) is 6.64. The molecule has 12 heteroatoms. The monoisotopic (exact) mass is 410 g/mol. The molecule has 3 heterocycles. The molecular formula is C18H18N8O4. The minimum absolute atomic E-state index is 0.0496. The number of anilines is 3. The number of aromatic carboxylic acids is 1. The van der Waals surface area contributed by atoms with Crippen LogP contribution in [0.5, 0.6) is 5.75 Å². The summed E-state index contributed by atoms with van der Waals surface area (Å²) in [5, 5.41) is 30.9. The first-order chi connectivity index (χ1) is 14.5. The van der Waals surface area contributed by atoms with Gasteiger partial charge in [0.1, 0.15) is 11.4 Å². The van der Waals surface area contributed by atoms with Gasteiger partial charge in [-0.3, -0.25) is 4.79 Å². The van der Waals surface area contributed by atoms with Gasteiger partial charge in [-0.25, -0.2) is 9.78 Å². The summed E-state index contributed by atoms with van der Waals surface area (Å²) in [5.74, 6) is -1.04. The Balaban J connectivity index is 1.76. The second kappa shape index (κ2) is 7.73. The Morgan fingerprint density at radius 2 is 2.10 bits per heavy atom. The number of aryl methyl sites for hydroxylation is 1. The summed E-state index contributed by atoms with van der Waals surface area (Å²) in [6.07, 6.45) is 5.98. The lowest BCUT2D eigenvalue weighted by Crippen LogP contribution is -2.17. The first-order valence-corrected chi connectivity index (χ1v) is 9.04. The van der Waals surface area contributed by atoms with Crippen molar-refractivity contribution in [1.29, 1.82) is 0 Å². The molecule has 154 valence electrons. The molecular weight excluding hydrogens is 392 g/mol. The predicted octanol–water partition coefficient (Wildman–Crippen LogP) is 1.47. The predicted molar refractivity (Wildman–Crippen MR) is 104 cm³/mol. The Kier molecular flexibility index (Phi) is 4.96. The molecule has 1 aliphatic carbocycles. The molecule has 0 unspecified atom stereocenters. The largest absolute Gasteiger partial charge is 0.492 e. The third kappa shape index (κ3) is 3.74. The maximum absolute atomic E-state index is 12.2. The number of methoxy groups -OCH3 is 1. The van der Waals surface area contributed by atoms with Gasteiger partial charge in [-0.1, -0.05) is 0 Å². The number of hydrogen-bond donors (Lipinski definition) is 3. The lowest BCUT2D eigenvalue weighted by Gasteiger charge is -2.16. The SMILES string of the molecule is COc1c(-c2cnn(C)n2)ccnc1Nc1c(NC(=O)C2CC2)cnnc1C(=O)O. The lowest BCUT2D eigenvalue weighted by atomic mass is 10.1. The Bertz CT molecular complexity index is 1130. The van der Waals surface area contributed by atoms with Crippen LogP contribution in [0.25, 0.3) is 11.3 Å². The van der Waals surface area contributed by atoms with E-state index in [1.54, 1.807) is 19.3 Å². The summed E-state index contributed by atoms with van der Waals surface area (Å²) in [4.78, 5) is 29.6. The zero-order chi connectivity index (χ0) is 21.3. The fourth-order valence-corrected chi connectivity index (χ4v) is 2.87. The first kappa shape index (κ1) is 19.2. The summed E-state index contributed by atoms with van der Waals surface area (Å²) >= 11 is 0. The highest BCUT2D eigenvalue weighted by atomic mass is 16.5. The van der Waals surface area contributed by atoms with Crippen molar-refractivity contribution in [3.63, 3.8) is 0 Å². The number of ether oxygens (including phenoxy) is 1. The second-order valence-electron chi connectivity index (χ2n) is 6.64. The van der Waals surface area contributed by atoms with Gasteiger partial charge in [0.15, 0.2) is 17.3 Å². The number of pyridine rings is 1. The van der Waals surface area contributed by atoms with Crippen LogP contribution in [0.2, 0.25) is 0 Å². The summed E-state index contributed by atoms with van der Waals surface area (Å²) in [6, 6.07) is 1.70. The first-order valence-electron chi connectivity index (χ1n) is 9.04. The average molecular weight is 410 g/mol. The van der Waals surface area contributed by atoms with Gasteiger partial charge in [0.05, 0.1) is 30.8 Å². The van der Waals surface area contributed by atoms with E-state index < -0.39 is 5.97 Å². The van der Waals surface area contributed by atoms with Crippen molar-refractivity contribution < 1.29 is 19.4 Å². The van der Waals surface area contributed by atoms with Gasteiger partial charge >= 0.3 is 5.97 Å². The zero-order valence-corrected chi connectivity index (χ0v) is 16.2. The van der Waals surface area contributed by atoms with Gasteiger partial charge < -0.3 is 20.5 Å². The van der Waals surface area contributed by atoms with Gasteiger partial charge in [-0.2, -0.15) is 20.1 Å². The van der Waals surface area contributed by atoms with Crippen LogP contribution in [0.3, 0.4) is 0 Å². The Labute approximate surface area is 170 Å². The van der Waals surface area contributed by atoms with Gasteiger partial charge in [0.25, 0.3) is 0 Å². The molecule has 1 amide bonds. The summed E-state index contributed by atoms with van der Waals surface area (Å²) in [6.45, 7) is 0. The topological polar surface area (TPSA) is 157 Å². The molecule has 1 saturated carbocycles. The third-order valence-electron chi connectivity index (χ3n) is 4.49. The number of nitrogens with one attached hydrogen (secondary N) is 2. The van der Waals surface area contributed by atoms with Gasteiger partial charge in [-0.05, 0) is 18.9 Å². The van der Waals surface area contributed by atoms with Crippen LogP contribution in [0.4, 0.5) is 17.2 Å². The van der Waals surface area contributed by atoms with Crippen molar-refractivity contribution in [2.75, 3.05) is 17.7 Å². The molecule has 3 aromatic rings. The molecule has 0 bridgehead atoms. The molecule has 0 aliphatic heterocycles. The number of carboxylic acids is 1. The van der Waals surface area contributed by atoms with Crippen LogP contribution in [-0.4, -0.2) is 54.3 Å². The van der Waals surface area contributed by atoms with Crippen LogP contribution in [0.1, 0.15) is 23.3 Å². The van der Waals surface area contributed by atoms with Crippen molar-refractivity contribution in [1.82, 2.24) is 30.2 Å². The minimum atomic E-state index is -1.31. The van der Waals surface area contributed by atoms with E-state index in [1.165, 1.54) is 24.3 Å². The molecule has 3 aromatic heterocycles. The van der Waals surface area contributed by atoms with E-state index in [1.807, 2.05) is 0 Å². The highest BCUT2D eigenvalue weighted by Gasteiger charge is 2.31. The lowest BCUT2D eigenvalue weighted by molar-refractivity contribution is -0.117. The number of amides is 1. The number of hydrogen-bond acceptors (Lipinski definition) is 9. The standard InChI is InChI=1S/C18H18N8O4/c1-26-21-8-11(25-26)10-5-6-19-16(15(10)30-2)23-13-12(22-17(27)9-3-4-9)7-20-24-14(13)18(28)29/h5-9H,3-4H2,1-2H3,(H,28,29)(H,19,20,23)(H,22,24,27). The number of aromatic nitrogens is 6. The fourth-order valence-electron chi connectivity index (χ4n) is 2.87. The van der Waals surface area contributed by atoms with Gasteiger partial charge in [0.2, 0.25) is 5.91 Å². The van der Waals surface area contributed by atoms with Crippen LogP contribution < -0.4 is 15.4 Å². The quantitative estimate of drug-likeness (QED) is 0.521. The van der Waals surface area contributed by atoms with Crippen LogP contribution >= 0.6 is 0 Å². The number of carbonyl (C=O) groups is 2. The van der Waals surface area contributed by atoms with E-state index in [4.69, 9.17) is 4.74 Å². The maximum atomic E-state index is 12.2. The van der Waals surface area contributed by atoms with E-state index in [9.17, 15) is 14.7 Å². The molecule has 1 fully saturated rings. The molecule has 0 saturated heterocycles. The molecule has 0 atom stereocenters. The van der Waals surface area contributed by atoms with E-state index >= 15 is 0 Å². The van der Waals surface area contributed by atoms with Crippen molar-refractivity contribution in [2.24, 2.45) is 13.0 Å². The smallest absolute Gasteiger partial charge is 0.358 e. The third-order valence-corrected chi connectivity index (χ3v) is 4.49. The van der Waals surface area contributed by atoms with Gasteiger partial charge in [0, 0.05) is 19.2 Å². The van der Waals surface area contributed by atoms with Crippen LogP contribution in [0.15, 0.2) is 24.7 Å². The number of rotatable bonds is 7. The molecule has 1 aliphatic rings. The Morgan fingerprint density at radius 1 is 1.30 bits per heavy atom. The highest BCUT2D eigenvalue weighted by Crippen LogP contribution is 2.38.